The highest BCUT2D eigenvalue weighted by Crippen LogP contribution is 2.28. The van der Waals surface area contributed by atoms with Crippen molar-refractivity contribution in [1.29, 1.82) is 0 Å². The second kappa shape index (κ2) is 9.81. The summed E-state index contributed by atoms with van der Waals surface area (Å²) in [6.07, 6.45) is 2.44. The number of aryl methyl sites for hydroxylation is 2. The van der Waals surface area contributed by atoms with Gasteiger partial charge in [-0.2, -0.15) is 5.10 Å². The Kier molecular flexibility index (Phi) is 6.40. The average Bonchev–Trinajstić information content (AvgIpc) is 3.31. The van der Waals surface area contributed by atoms with E-state index < -0.39 is 5.97 Å². The molecular weight excluding hydrogens is 468 g/mol. The average molecular weight is 497 g/mol. The van der Waals surface area contributed by atoms with Crippen LogP contribution < -0.4 is 15.6 Å². The lowest BCUT2D eigenvalue weighted by molar-refractivity contribution is 0.0698. The Morgan fingerprint density at radius 1 is 1.08 bits per heavy atom. The lowest BCUT2D eigenvalue weighted by Crippen LogP contribution is -2.20. The second-order valence-electron chi connectivity index (χ2n) is 9.13. The number of fused-ring (bicyclic) bond motifs is 3. The van der Waals surface area contributed by atoms with Gasteiger partial charge in [0.1, 0.15) is 11.4 Å². The fourth-order valence-corrected chi connectivity index (χ4v) is 4.91. The second-order valence-corrected chi connectivity index (χ2v) is 9.13. The molecule has 2 heterocycles. The van der Waals surface area contributed by atoms with Crippen molar-refractivity contribution in [3.05, 3.63) is 99.5 Å². The number of methoxy groups -OCH3 is 1. The summed E-state index contributed by atoms with van der Waals surface area (Å²) in [5, 5.41) is 19.8. The predicted molar refractivity (Wildman–Crippen MR) is 145 cm³/mol. The number of aromatic nitrogens is 3. The summed E-state index contributed by atoms with van der Waals surface area (Å²) >= 11 is 0. The largest absolute Gasteiger partial charge is 0.497 e. The third-order valence-electron chi connectivity index (χ3n) is 6.66. The monoisotopic (exact) mass is 496 g/mol. The van der Waals surface area contributed by atoms with Gasteiger partial charge in [0.25, 0.3) is 5.56 Å². The molecule has 0 fully saturated rings. The standard InChI is InChI=1S/C29H28N4O4/c1-18-14-20(12-13-30-25-7-5-4-6-22(25)29(35)36)26-23(15-18)28(34)32(2)27-24(26)16-31-33(27)17-19-8-10-21(37-3)11-9-19/h4-11,14-16,30H,12-13,17H2,1-3H3,(H,35,36). The molecule has 8 nitrogen and oxygen atoms in total. The molecule has 3 aromatic carbocycles. The van der Waals surface area contributed by atoms with Crippen molar-refractivity contribution >= 4 is 33.5 Å². The van der Waals surface area contributed by atoms with Crippen LogP contribution in [0.1, 0.15) is 27.0 Å². The zero-order valence-electron chi connectivity index (χ0n) is 21.0. The lowest BCUT2D eigenvalue weighted by Gasteiger charge is -2.14. The highest BCUT2D eigenvalue weighted by Gasteiger charge is 2.17. The third kappa shape index (κ3) is 4.53. The maximum Gasteiger partial charge on any atom is 0.337 e. The number of nitrogens with one attached hydrogen (secondary N) is 1. The first-order valence-corrected chi connectivity index (χ1v) is 12.0. The molecule has 5 rings (SSSR count). The van der Waals surface area contributed by atoms with Crippen LogP contribution in [0.15, 0.2) is 71.7 Å². The number of nitrogens with zero attached hydrogens (tertiary/aromatic N) is 3. The van der Waals surface area contributed by atoms with Gasteiger partial charge in [-0.3, -0.25) is 9.36 Å². The minimum atomic E-state index is -0.974. The fraction of sp³-hybridized carbons (Fsp3) is 0.207. The molecule has 0 radical (unpaired) electrons. The van der Waals surface area contributed by atoms with E-state index in [1.54, 1.807) is 43.0 Å². The molecule has 2 aromatic heterocycles. The Labute approximate surface area is 213 Å². The quantitative estimate of drug-likeness (QED) is 0.326. The molecule has 8 heteroatoms. The molecule has 0 aliphatic rings. The van der Waals surface area contributed by atoms with E-state index in [1.807, 2.05) is 48.1 Å². The highest BCUT2D eigenvalue weighted by molar-refractivity contribution is 6.06. The van der Waals surface area contributed by atoms with E-state index in [4.69, 9.17) is 4.74 Å². The predicted octanol–water partition coefficient (Wildman–Crippen LogP) is 4.61. The van der Waals surface area contributed by atoms with Crippen LogP contribution in [0.3, 0.4) is 0 Å². The van der Waals surface area contributed by atoms with Gasteiger partial charge in [-0.25, -0.2) is 9.48 Å². The third-order valence-corrected chi connectivity index (χ3v) is 6.66. The van der Waals surface area contributed by atoms with Gasteiger partial charge in [-0.05, 0) is 54.8 Å². The highest BCUT2D eigenvalue weighted by atomic mass is 16.5. The molecule has 0 spiro atoms. The maximum absolute atomic E-state index is 13.5. The number of aromatic carboxylic acids is 1. The van der Waals surface area contributed by atoms with Crippen molar-refractivity contribution in [2.75, 3.05) is 19.0 Å². The molecule has 0 aliphatic carbocycles. The van der Waals surface area contributed by atoms with E-state index >= 15 is 0 Å². The zero-order chi connectivity index (χ0) is 26.1. The van der Waals surface area contributed by atoms with Gasteiger partial charge >= 0.3 is 5.97 Å². The molecular formula is C29H28N4O4. The Hall–Kier alpha value is -4.59. The van der Waals surface area contributed by atoms with Crippen LogP contribution >= 0.6 is 0 Å². The van der Waals surface area contributed by atoms with Gasteiger partial charge in [0.2, 0.25) is 0 Å². The van der Waals surface area contributed by atoms with E-state index in [2.05, 4.69) is 16.5 Å². The van der Waals surface area contributed by atoms with Crippen LogP contribution in [0.25, 0.3) is 21.8 Å². The Morgan fingerprint density at radius 3 is 2.57 bits per heavy atom. The molecule has 0 unspecified atom stereocenters. The SMILES string of the molecule is COc1ccc(Cn2ncc3c4c(CCNc5ccccc5C(=O)O)cc(C)cc4c(=O)n(C)c32)cc1. The van der Waals surface area contributed by atoms with Crippen molar-refractivity contribution < 1.29 is 14.6 Å². The van der Waals surface area contributed by atoms with Crippen LogP contribution in [0, 0.1) is 6.92 Å². The molecule has 5 aromatic rings. The number of hydrogen-bond donors (Lipinski definition) is 2. The van der Waals surface area contributed by atoms with Gasteiger partial charge in [-0.1, -0.05) is 35.9 Å². The number of rotatable bonds is 8. The topological polar surface area (TPSA) is 98.4 Å². The van der Waals surface area contributed by atoms with Crippen LogP contribution in [-0.2, 0) is 20.0 Å². The lowest BCUT2D eigenvalue weighted by atomic mass is 9.98. The molecule has 0 amide bonds. The van der Waals surface area contributed by atoms with Crippen molar-refractivity contribution in [3.8, 4) is 5.75 Å². The van der Waals surface area contributed by atoms with Crippen LogP contribution in [0.4, 0.5) is 5.69 Å². The maximum atomic E-state index is 13.5. The first-order chi connectivity index (χ1) is 17.9. The first kappa shape index (κ1) is 24.1. The summed E-state index contributed by atoms with van der Waals surface area (Å²) in [5.74, 6) is -0.189. The summed E-state index contributed by atoms with van der Waals surface area (Å²) in [5.41, 5.74) is 4.53. The summed E-state index contributed by atoms with van der Waals surface area (Å²) < 4.78 is 8.77. The van der Waals surface area contributed by atoms with E-state index in [0.717, 1.165) is 38.9 Å². The van der Waals surface area contributed by atoms with Gasteiger partial charge in [0.05, 0.1) is 25.4 Å². The van der Waals surface area contributed by atoms with Gasteiger partial charge < -0.3 is 15.2 Å². The molecule has 0 aliphatic heterocycles. The Balaban J connectivity index is 1.54. The molecule has 2 N–H and O–H groups in total. The summed E-state index contributed by atoms with van der Waals surface area (Å²) in [4.78, 5) is 25.0. The van der Waals surface area contributed by atoms with Crippen molar-refractivity contribution in [3.63, 3.8) is 0 Å². The van der Waals surface area contributed by atoms with E-state index in [9.17, 15) is 14.7 Å². The van der Waals surface area contributed by atoms with Crippen LogP contribution in [-0.4, -0.2) is 39.1 Å². The van der Waals surface area contributed by atoms with Crippen molar-refractivity contribution in [1.82, 2.24) is 14.3 Å². The van der Waals surface area contributed by atoms with Crippen molar-refractivity contribution in [2.45, 2.75) is 19.9 Å². The summed E-state index contributed by atoms with van der Waals surface area (Å²) in [7, 11) is 3.42. The van der Waals surface area contributed by atoms with E-state index in [-0.39, 0.29) is 11.1 Å². The Bertz CT molecular complexity index is 1680. The van der Waals surface area contributed by atoms with Gasteiger partial charge in [-0.15, -0.1) is 0 Å². The smallest absolute Gasteiger partial charge is 0.337 e. The number of hydrogen-bond acceptors (Lipinski definition) is 5. The molecule has 188 valence electrons. The minimum Gasteiger partial charge on any atom is -0.497 e. The summed E-state index contributed by atoms with van der Waals surface area (Å²) in [6.45, 7) is 3.01. The summed E-state index contributed by atoms with van der Waals surface area (Å²) in [6, 6.07) is 18.7. The molecule has 37 heavy (non-hydrogen) atoms. The van der Waals surface area contributed by atoms with Crippen molar-refractivity contribution in [2.24, 2.45) is 7.05 Å². The number of carbonyl (C=O) groups is 1. The van der Waals surface area contributed by atoms with Crippen LogP contribution in [0.5, 0.6) is 5.75 Å². The number of para-hydroxylation sites is 1. The van der Waals surface area contributed by atoms with E-state index in [1.165, 1.54) is 0 Å². The number of benzene rings is 3. The molecule has 0 saturated carbocycles. The number of anilines is 1. The fourth-order valence-electron chi connectivity index (χ4n) is 4.91. The molecule has 0 saturated heterocycles. The molecule has 0 atom stereocenters. The molecule has 0 bridgehead atoms. The minimum absolute atomic E-state index is 0.0758. The first-order valence-electron chi connectivity index (χ1n) is 12.0. The van der Waals surface area contributed by atoms with Gasteiger partial charge in [0.15, 0.2) is 0 Å². The zero-order valence-corrected chi connectivity index (χ0v) is 21.0. The van der Waals surface area contributed by atoms with Crippen LogP contribution in [0.2, 0.25) is 0 Å². The number of pyridine rings is 1. The van der Waals surface area contributed by atoms with Gasteiger partial charge in [0, 0.05) is 35.4 Å². The number of carboxylic acids is 1. The normalized spacial score (nSPS) is 11.2. The number of ether oxygens (including phenoxy) is 1. The Morgan fingerprint density at radius 2 is 1.84 bits per heavy atom. The van der Waals surface area contributed by atoms with E-state index in [0.29, 0.717) is 30.6 Å². The number of carboxylic acid groups (broad SMARTS) is 1.